The van der Waals surface area contributed by atoms with E-state index < -0.39 is 0 Å². The molecule has 134 valence electrons. The van der Waals surface area contributed by atoms with Crippen LogP contribution in [-0.4, -0.2) is 25.6 Å². The number of thiazole rings is 1. The molecule has 0 radical (unpaired) electrons. The number of fused-ring (bicyclic) bond motifs is 1. The molecule has 2 aromatic heterocycles. The van der Waals surface area contributed by atoms with Crippen LogP contribution in [0.2, 0.25) is 0 Å². The highest BCUT2D eigenvalue weighted by Crippen LogP contribution is 2.35. The molecule has 5 rings (SSSR count). The number of H-pyrrole nitrogens is 1. The summed E-state index contributed by atoms with van der Waals surface area (Å²) in [6, 6.07) is 14.9. The molecule has 0 amide bonds. The van der Waals surface area contributed by atoms with E-state index >= 15 is 0 Å². The molecular weight excluding hydrogens is 356 g/mol. The van der Waals surface area contributed by atoms with Crippen molar-refractivity contribution in [1.82, 2.24) is 25.6 Å². The van der Waals surface area contributed by atoms with Crippen LogP contribution in [0, 0.1) is 0 Å². The summed E-state index contributed by atoms with van der Waals surface area (Å²) in [5, 5.41) is 15.6. The fourth-order valence-corrected chi connectivity index (χ4v) is 4.36. The van der Waals surface area contributed by atoms with Crippen molar-refractivity contribution in [2.45, 2.75) is 26.4 Å². The molecule has 0 atom stereocenters. The molecule has 0 aliphatic carbocycles. The van der Waals surface area contributed by atoms with Crippen molar-refractivity contribution in [2.75, 3.05) is 4.90 Å². The van der Waals surface area contributed by atoms with Gasteiger partial charge in [0.25, 0.3) is 0 Å². The van der Waals surface area contributed by atoms with E-state index in [1.165, 1.54) is 21.6 Å². The third-order valence-electron chi connectivity index (χ3n) is 4.91. The average Bonchev–Trinajstić information content (AvgIpc) is 3.47. The standard InChI is InChI=1S/C20H18N6S/c1-2-16-10-21-20(27-16)26-11-14-8-7-13(9-15(14)12-26)17-5-3-4-6-18(17)19-22-24-25-23-19/h3-10H,2,11-12H2,1H3,(H,22,23,24,25). The normalized spacial score (nSPS) is 13.1. The molecule has 1 N–H and O–H groups in total. The number of anilines is 1. The van der Waals surface area contributed by atoms with Crippen molar-refractivity contribution in [3.05, 3.63) is 64.7 Å². The fourth-order valence-electron chi connectivity index (χ4n) is 3.51. The highest BCUT2D eigenvalue weighted by Gasteiger charge is 2.22. The monoisotopic (exact) mass is 374 g/mol. The van der Waals surface area contributed by atoms with Gasteiger partial charge in [0.1, 0.15) is 0 Å². The second kappa shape index (κ2) is 6.59. The van der Waals surface area contributed by atoms with Gasteiger partial charge in [0.15, 0.2) is 5.13 Å². The molecule has 0 fully saturated rings. The minimum Gasteiger partial charge on any atom is -0.339 e. The molecule has 2 aromatic carbocycles. The van der Waals surface area contributed by atoms with Crippen LogP contribution in [0.4, 0.5) is 5.13 Å². The van der Waals surface area contributed by atoms with Gasteiger partial charge < -0.3 is 4.90 Å². The Kier molecular flexibility index (Phi) is 3.94. The SMILES string of the molecule is CCc1cnc(N2Cc3ccc(-c4ccccc4-c4nn[nH]n4)cc3C2)s1. The number of hydrogen-bond acceptors (Lipinski definition) is 6. The molecule has 7 heteroatoms. The number of benzene rings is 2. The average molecular weight is 374 g/mol. The first-order valence-corrected chi connectivity index (χ1v) is 9.78. The zero-order valence-electron chi connectivity index (χ0n) is 14.9. The minimum atomic E-state index is 0.614. The molecule has 0 unspecified atom stereocenters. The largest absolute Gasteiger partial charge is 0.339 e. The van der Waals surface area contributed by atoms with Crippen LogP contribution in [0.25, 0.3) is 22.5 Å². The van der Waals surface area contributed by atoms with Crippen LogP contribution in [0.3, 0.4) is 0 Å². The molecular formula is C20H18N6S. The number of hydrogen-bond donors (Lipinski definition) is 1. The number of tetrazole rings is 1. The van der Waals surface area contributed by atoms with Gasteiger partial charge in [0.05, 0.1) is 0 Å². The van der Waals surface area contributed by atoms with E-state index in [9.17, 15) is 0 Å². The number of rotatable bonds is 4. The third kappa shape index (κ3) is 2.90. The van der Waals surface area contributed by atoms with Crippen molar-refractivity contribution in [2.24, 2.45) is 0 Å². The van der Waals surface area contributed by atoms with Gasteiger partial charge in [0, 0.05) is 29.7 Å². The molecule has 1 aliphatic heterocycles. The molecule has 4 aromatic rings. The summed E-state index contributed by atoms with van der Waals surface area (Å²) >= 11 is 1.79. The fraction of sp³-hybridized carbons (Fsp3) is 0.200. The molecule has 3 heterocycles. The quantitative estimate of drug-likeness (QED) is 0.583. The Labute approximate surface area is 160 Å². The van der Waals surface area contributed by atoms with E-state index in [4.69, 9.17) is 0 Å². The van der Waals surface area contributed by atoms with E-state index in [0.717, 1.165) is 35.8 Å². The predicted octanol–water partition coefficient (Wildman–Crippen LogP) is 4.07. The summed E-state index contributed by atoms with van der Waals surface area (Å²) in [6.45, 7) is 3.98. The maximum Gasteiger partial charge on any atom is 0.205 e. The lowest BCUT2D eigenvalue weighted by molar-refractivity contribution is 0.873. The minimum absolute atomic E-state index is 0.614. The Morgan fingerprint density at radius 2 is 1.93 bits per heavy atom. The Morgan fingerprint density at radius 1 is 1.07 bits per heavy atom. The van der Waals surface area contributed by atoms with Crippen molar-refractivity contribution >= 4 is 16.5 Å². The van der Waals surface area contributed by atoms with Gasteiger partial charge in [0.2, 0.25) is 5.82 Å². The van der Waals surface area contributed by atoms with Crippen molar-refractivity contribution < 1.29 is 0 Å². The lowest BCUT2D eigenvalue weighted by Gasteiger charge is -2.12. The molecule has 0 saturated carbocycles. The first kappa shape index (κ1) is 16.1. The summed E-state index contributed by atoms with van der Waals surface area (Å²) in [5.74, 6) is 0.614. The topological polar surface area (TPSA) is 70.6 Å². The van der Waals surface area contributed by atoms with E-state index in [1.54, 1.807) is 11.3 Å². The number of nitrogens with zero attached hydrogens (tertiary/aromatic N) is 5. The number of nitrogens with one attached hydrogen (secondary N) is 1. The maximum absolute atomic E-state index is 4.60. The second-order valence-electron chi connectivity index (χ2n) is 6.58. The first-order valence-electron chi connectivity index (χ1n) is 8.96. The highest BCUT2D eigenvalue weighted by atomic mass is 32.1. The number of aromatic amines is 1. The van der Waals surface area contributed by atoms with Crippen LogP contribution in [0.1, 0.15) is 22.9 Å². The summed E-state index contributed by atoms with van der Waals surface area (Å²) in [5.41, 5.74) is 5.98. The zero-order valence-corrected chi connectivity index (χ0v) is 15.7. The summed E-state index contributed by atoms with van der Waals surface area (Å²) in [4.78, 5) is 8.28. The lowest BCUT2D eigenvalue weighted by atomic mass is 9.96. The van der Waals surface area contributed by atoms with Gasteiger partial charge in [-0.05, 0) is 40.0 Å². The van der Waals surface area contributed by atoms with Gasteiger partial charge in [-0.15, -0.1) is 21.5 Å². The summed E-state index contributed by atoms with van der Waals surface area (Å²) < 4.78 is 0. The maximum atomic E-state index is 4.60. The summed E-state index contributed by atoms with van der Waals surface area (Å²) in [7, 11) is 0. The van der Waals surface area contributed by atoms with Crippen LogP contribution >= 0.6 is 11.3 Å². The Balaban J connectivity index is 1.48. The lowest BCUT2D eigenvalue weighted by Crippen LogP contribution is -2.13. The molecule has 0 bridgehead atoms. The predicted molar refractivity (Wildman–Crippen MR) is 106 cm³/mol. The van der Waals surface area contributed by atoms with Crippen LogP contribution in [0.15, 0.2) is 48.7 Å². The van der Waals surface area contributed by atoms with E-state index in [-0.39, 0.29) is 0 Å². The van der Waals surface area contributed by atoms with Crippen LogP contribution < -0.4 is 4.90 Å². The van der Waals surface area contributed by atoms with Gasteiger partial charge in [-0.1, -0.05) is 43.3 Å². The van der Waals surface area contributed by atoms with Crippen LogP contribution in [-0.2, 0) is 19.5 Å². The Hall–Kier alpha value is -3.06. The van der Waals surface area contributed by atoms with Crippen molar-refractivity contribution in [1.29, 1.82) is 0 Å². The third-order valence-corrected chi connectivity index (χ3v) is 6.12. The van der Waals surface area contributed by atoms with E-state index in [1.807, 2.05) is 24.4 Å². The second-order valence-corrected chi connectivity index (χ2v) is 7.68. The molecule has 6 nitrogen and oxygen atoms in total. The number of aromatic nitrogens is 5. The van der Waals surface area contributed by atoms with Crippen molar-refractivity contribution in [3.8, 4) is 22.5 Å². The Bertz CT molecular complexity index is 1090. The highest BCUT2D eigenvalue weighted by molar-refractivity contribution is 7.15. The van der Waals surface area contributed by atoms with Gasteiger partial charge >= 0.3 is 0 Å². The van der Waals surface area contributed by atoms with Gasteiger partial charge in [-0.3, -0.25) is 0 Å². The zero-order chi connectivity index (χ0) is 18.2. The summed E-state index contributed by atoms with van der Waals surface area (Å²) in [6.07, 6.45) is 3.03. The Morgan fingerprint density at radius 3 is 2.70 bits per heavy atom. The van der Waals surface area contributed by atoms with Crippen molar-refractivity contribution in [3.63, 3.8) is 0 Å². The smallest absolute Gasteiger partial charge is 0.205 e. The molecule has 0 saturated heterocycles. The van der Waals surface area contributed by atoms with E-state index in [0.29, 0.717) is 5.82 Å². The molecule has 27 heavy (non-hydrogen) atoms. The van der Waals surface area contributed by atoms with Gasteiger partial charge in [-0.2, -0.15) is 5.21 Å². The number of aryl methyl sites for hydroxylation is 1. The molecule has 1 aliphatic rings. The first-order chi connectivity index (χ1) is 13.3. The van der Waals surface area contributed by atoms with Crippen LogP contribution in [0.5, 0.6) is 0 Å². The van der Waals surface area contributed by atoms with E-state index in [2.05, 4.69) is 61.7 Å². The molecule has 0 spiro atoms. The van der Waals surface area contributed by atoms with Gasteiger partial charge in [-0.25, -0.2) is 4.98 Å².